The van der Waals surface area contributed by atoms with Crippen molar-refractivity contribution in [2.45, 2.75) is 136 Å². The van der Waals surface area contributed by atoms with Crippen LogP contribution in [0.2, 0.25) is 0 Å². The van der Waals surface area contributed by atoms with Gasteiger partial charge in [-0.25, -0.2) is 9.78 Å². The van der Waals surface area contributed by atoms with Crippen molar-refractivity contribution < 1.29 is 19.1 Å². The first-order valence-corrected chi connectivity index (χ1v) is 19.5. The molecule has 9 heteroatoms. The van der Waals surface area contributed by atoms with Crippen LogP contribution in [0.1, 0.15) is 123 Å². The molecule has 4 aliphatic carbocycles. The molecule has 9 nitrogen and oxygen atoms in total. The maximum absolute atomic E-state index is 14.7. The molecule has 0 radical (unpaired) electrons. The van der Waals surface area contributed by atoms with E-state index in [1.807, 2.05) is 28.0 Å². The number of anilines is 1. The van der Waals surface area contributed by atoms with Crippen LogP contribution in [-0.4, -0.2) is 53.1 Å². The third kappa shape index (κ3) is 8.50. The molecule has 282 valence electrons. The van der Waals surface area contributed by atoms with Crippen LogP contribution in [0.4, 0.5) is 10.6 Å². The summed E-state index contributed by atoms with van der Waals surface area (Å²) >= 11 is 0. The van der Waals surface area contributed by atoms with Gasteiger partial charge in [0.2, 0.25) is 5.91 Å². The molecule has 4 saturated carbocycles. The molecule has 2 amide bonds. The van der Waals surface area contributed by atoms with Gasteiger partial charge in [0.05, 0.1) is 18.8 Å². The number of pyridine rings is 1. The molecule has 3 aromatic rings. The predicted molar refractivity (Wildman–Crippen MR) is 207 cm³/mol. The van der Waals surface area contributed by atoms with Crippen molar-refractivity contribution >= 4 is 17.8 Å². The first-order chi connectivity index (χ1) is 24.6. The Morgan fingerprint density at radius 3 is 2.23 bits per heavy atom. The lowest BCUT2D eigenvalue weighted by molar-refractivity contribution is -0.124. The molecule has 7 rings (SSSR count). The highest BCUT2D eigenvalue weighted by Gasteiger charge is 2.51. The minimum Gasteiger partial charge on any atom is -0.496 e. The Kier molecular flexibility index (Phi) is 10.8. The van der Waals surface area contributed by atoms with Crippen molar-refractivity contribution in [2.24, 2.45) is 16.7 Å². The fourth-order valence-corrected chi connectivity index (χ4v) is 8.71. The average Bonchev–Trinajstić information content (AvgIpc) is 3.63. The molecule has 1 aromatic carbocycles. The van der Waals surface area contributed by atoms with E-state index in [1.54, 1.807) is 7.11 Å². The van der Waals surface area contributed by atoms with Crippen molar-refractivity contribution in [3.63, 3.8) is 0 Å². The molecule has 2 aromatic heterocycles. The number of hydrogen-bond acceptors (Lipinski definition) is 6. The van der Waals surface area contributed by atoms with E-state index in [4.69, 9.17) is 14.5 Å². The fraction of sp³-hybridized carbons (Fsp3) is 0.628. The van der Waals surface area contributed by atoms with E-state index in [1.165, 1.54) is 11.1 Å². The monoisotopic (exact) mass is 711 g/mol. The summed E-state index contributed by atoms with van der Waals surface area (Å²) in [6, 6.07) is 10.8. The van der Waals surface area contributed by atoms with Gasteiger partial charge < -0.3 is 14.8 Å². The number of nitrogens with zero attached hydrogens (tertiary/aromatic N) is 4. The van der Waals surface area contributed by atoms with Gasteiger partial charge in [-0.1, -0.05) is 32.9 Å². The minimum atomic E-state index is -0.356. The van der Waals surface area contributed by atoms with Gasteiger partial charge in [-0.05, 0) is 149 Å². The largest absolute Gasteiger partial charge is 0.496 e. The topological polar surface area (TPSA) is 98.6 Å². The van der Waals surface area contributed by atoms with Crippen LogP contribution in [-0.2, 0) is 20.5 Å². The molecular weight excluding hydrogens is 651 g/mol. The van der Waals surface area contributed by atoms with Crippen LogP contribution in [0.3, 0.4) is 0 Å². The Hall–Kier alpha value is -3.88. The lowest BCUT2D eigenvalue weighted by atomic mass is 9.51. The Labute approximate surface area is 311 Å². The zero-order valence-electron chi connectivity index (χ0n) is 32.9. The van der Waals surface area contributed by atoms with Crippen LogP contribution in [0.15, 0.2) is 48.9 Å². The molecule has 0 unspecified atom stereocenters. The van der Waals surface area contributed by atoms with E-state index in [9.17, 15) is 9.59 Å². The van der Waals surface area contributed by atoms with Gasteiger partial charge in [-0.2, -0.15) is 5.10 Å². The van der Waals surface area contributed by atoms with Gasteiger partial charge >= 0.3 is 6.09 Å². The number of hydrogen-bond donors (Lipinski definition) is 1. The number of benzene rings is 1. The summed E-state index contributed by atoms with van der Waals surface area (Å²) in [7, 11) is 1.74. The molecule has 0 atom stereocenters. The number of methoxy groups -OCH3 is 1. The molecule has 1 N–H and O–H groups in total. The summed E-state index contributed by atoms with van der Waals surface area (Å²) in [4.78, 5) is 34.1. The first kappa shape index (κ1) is 37.9. The number of carbonyl (C=O) groups is 2. The quantitative estimate of drug-likeness (QED) is 0.225. The summed E-state index contributed by atoms with van der Waals surface area (Å²) in [5.74, 6) is 1.66. The average molecular weight is 712 g/mol. The number of nitrogens with one attached hydrogen (secondary N) is 1. The second-order valence-electron chi connectivity index (χ2n) is 18.3. The number of carbonyl (C=O) groups excluding carboxylic acids is 2. The van der Waals surface area contributed by atoms with E-state index < -0.39 is 0 Å². The van der Waals surface area contributed by atoms with Gasteiger partial charge in [-0.15, -0.1) is 0 Å². The molecule has 0 spiro atoms. The van der Waals surface area contributed by atoms with Crippen LogP contribution in [0.5, 0.6) is 5.75 Å². The van der Waals surface area contributed by atoms with Gasteiger partial charge in [0, 0.05) is 37.0 Å². The maximum Gasteiger partial charge on any atom is 0.407 e. The van der Waals surface area contributed by atoms with Gasteiger partial charge in [0.15, 0.2) is 0 Å². The zero-order chi connectivity index (χ0) is 37.3. The SMILES string of the molecule is COc1ccc(C23CCC(CN(C(=O)C4CCC(OC(=O)NCCC(C)(C)C)CC4)c4cc(-c5cnn(C(C)(C)C)c5)ccn4)(CC2)CC3)cc1C. The molecule has 4 fully saturated rings. The zero-order valence-corrected chi connectivity index (χ0v) is 32.9. The Bertz CT molecular complexity index is 1700. The summed E-state index contributed by atoms with van der Waals surface area (Å²) in [5.41, 5.74) is 4.90. The van der Waals surface area contributed by atoms with E-state index in [0.29, 0.717) is 44.6 Å². The lowest BCUT2D eigenvalue weighted by Crippen LogP contribution is -2.52. The van der Waals surface area contributed by atoms with Crippen LogP contribution in [0, 0.1) is 23.7 Å². The molecule has 0 saturated heterocycles. The molecular formula is C43H61N5O4. The number of amides is 2. The van der Waals surface area contributed by atoms with E-state index in [-0.39, 0.29) is 45.8 Å². The third-order valence-corrected chi connectivity index (χ3v) is 12.2. The summed E-state index contributed by atoms with van der Waals surface area (Å²) < 4.78 is 13.3. The third-order valence-electron chi connectivity index (χ3n) is 12.2. The molecule has 4 aliphatic rings. The van der Waals surface area contributed by atoms with Crippen LogP contribution >= 0.6 is 0 Å². The number of ether oxygens (including phenoxy) is 2. The number of rotatable bonds is 10. The first-order valence-electron chi connectivity index (χ1n) is 19.5. The van der Waals surface area contributed by atoms with Crippen molar-refractivity contribution in [1.29, 1.82) is 0 Å². The maximum atomic E-state index is 14.7. The van der Waals surface area contributed by atoms with E-state index in [2.05, 4.69) is 89.3 Å². The minimum absolute atomic E-state index is 0.0547. The normalized spacial score (nSPS) is 24.7. The summed E-state index contributed by atoms with van der Waals surface area (Å²) in [6.07, 6.45) is 15.6. The number of aromatic nitrogens is 3. The summed E-state index contributed by atoms with van der Waals surface area (Å²) in [6.45, 7) is 16.3. The highest BCUT2D eigenvalue weighted by molar-refractivity contribution is 5.95. The molecule has 0 aliphatic heterocycles. The number of fused-ring (bicyclic) bond motifs is 3. The second kappa shape index (κ2) is 14.9. The smallest absolute Gasteiger partial charge is 0.407 e. The van der Waals surface area contributed by atoms with Crippen molar-refractivity contribution in [1.82, 2.24) is 20.1 Å². The van der Waals surface area contributed by atoms with Gasteiger partial charge in [0.1, 0.15) is 17.7 Å². The number of aryl methyl sites for hydroxylation is 1. The van der Waals surface area contributed by atoms with Gasteiger partial charge in [0.25, 0.3) is 0 Å². The lowest BCUT2D eigenvalue weighted by Gasteiger charge is -2.55. The standard InChI is InChI=1S/C43H61N5O4/c1-30-25-34(11-14-36(30)51-8)43-19-16-42(17-20-43,18-21-43)29-47(37-26-32(15-23-44-37)33-27-46-48(28-33)41(5,6)7)38(49)31-9-12-35(13-10-31)52-39(50)45-24-22-40(2,3)4/h11,14-15,23,25-28,31,35H,9-10,12-13,16-22,24,29H2,1-8H3,(H,45,50). The van der Waals surface area contributed by atoms with Gasteiger partial charge in [-0.3, -0.25) is 14.4 Å². The highest BCUT2D eigenvalue weighted by atomic mass is 16.6. The van der Waals surface area contributed by atoms with Crippen LogP contribution in [0.25, 0.3) is 11.1 Å². The van der Waals surface area contributed by atoms with Crippen molar-refractivity contribution in [3.8, 4) is 16.9 Å². The molecule has 52 heavy (non-hydrogen) atoms. The Morgan fingerprint density at radius 2 is 1.63 bits per heavy atom. The second-order valence-corrected chi connectivity index (χ2v) is 18.3. The van der Waals surface area contributed by atoms with Crippen LogP contribution < -0.4 is 15.0 Å². The Balaban J connectivity index is 1.19. The number of alkyl carbamates (subject to hydrolysis) is 1. The van der Waals surface area contributed by atoms with Crippen molar-refractivity contribution in [2.75, 3.05) is 25.1 Å². The highest BCUT2D eigenvalue weighted by Crippen LogP contribution is 2.58. The van der Waals surface area contributed by atoms with Crippen molar-refractivity contribution in [3.05, 3.63) is 60.0 Å². The summed E-state index contributed by atoms with van der Waals surface area (Å²) in [5, 5.41) is 7.55. The van der Waals surface area contributed by atoms with E-state index >= 15 is 0 Å². The fourth-order valence-electron chi connectivity index (χ4n) is 8.71. The predicted octanol–water partition coefficient (Wildman–Crippen LogP) is 9.36. The molecule has 2 heterocycles. The molecule has 2 bridgehead atoms. The Morgan fingerprint density at radius 1 is 0.942 bits per heavy atom. The van der Waals surface area contributed by atoms with E-state index in [0.717, 1.165) is 61.8 Å².